The molecule has 0 radical (unpaired) electrons. The van der Waals surface area contributed by atoms with Crippen LogP contribution in [0.3, 0.4) is 0 Å². The number of rotatable bonds is 2. The molecule has 5 nitrogen and oxygen atoms in total. The molecule has 0 spiro atoms. The molecule has 1 aromatic rings. The highest BCUT2D eigenvalue weighted by Gasteiger charge is 2.49. The Balaban J connectivity index is 2.57. The first-order valence-corrected chi connectivity index (χ1v) is 5.73. The molecule has 0 fully saturated rings. The van der Waals surface area contributed by atoms with Crippen molar-refractivity contribution in [3.8, 4) is 0 Å². The third-order valence-electron chi connectivity index (χ3n) is 2.69. The highest BCUT2D eigenvalue weighted by atomic mass is 32.1. The molecule has 1 aliphatic heterocycles. The van der Waals surface area contributed by atoms with Crippen molar-refractivity contribution in [2.45, 2.75) is 18.8 Å². The summed E-state index contributed by atoms with van der Waals surface area (Å²) >= 11 is 1.37. The van der Waals surface area contributed by atoms with E-state index in [2.05, 4.69) is 10.3 Å². The van der Waals surface area contributed by atoms with Crippen LogP contribution >= 0.6 is 11.3 Å². The van der Waals surface area contributed by atoms with Gasteiger partial charge in [-0.15, -0.1) is 11.3 Å². The van der Waals surface area contributed by atoms with Crippen molar-refractivity contribution < 1.29 is 9.59 Å². The highest BCUT2D eigenvalue weighted by Crippen LogP contribution is 2.34. The van der Waals surface area contributed by atoms with E-state index in [1.807, 2.05) is 5.38 Å². The van der Waals surface area contributed by atoms with Gasteiger partial charge in [0.15, 0.2) is 5.41 Å². The number of carbonyl (C=O) groups excluding carboxylic acids is 2. The van der Waals surface area contributed by atoms with Crippen molar-refractivity contribution in [1.82, 2.24) is 5.32 Å². The average Bonchev–Trinajstić information content (AvgIpc) is 2.71. The van der Waals surface area contributed by atoms with E-state index in [0.29, 0.717) is 11.3 Å². The number of aliphatic imine (C=N–C) groups is 1. The van der Waals surface area contributed by atoms with E-state index in [4.69, 9.17) is 5.73 Å². The molecule has 1 atom stereocenters. The van der Waals surface area contributed by atoms with Crippen molar-refractivity contribution in [2.24, 2.45) is 10.7 Å². The van der Waals surface area contributed by atoms with E-state index >= 15 is 0 Å². The fourth-order valence-electron chi connectivity index (χ4n) is 1.78. The lowest BCUT2D eigenvalue weighted by Crippen LogP contribution is -2.56. The fraction of sp³-hybridized carbons (Fsp3) is 0.300. The minimum Gasteiger partial charge on any atom is -0.369 e. The van der Waals surface area contributed by atoms with Gasteiger partial charge in [-0.05, 0) is 17.9 Å². The SMILES string of the molecule is CCC1(c2cccs2)C(=O)N=C(N)NC1=O. The van der Waals surface area contributed by atoms with E-state index < -0.39 is 17.2 Å². The molecule has 2 rings (SSSR count). The van der Waals surface area contributed by atoms with Crippen molar-refractivity contribution in [3.63, 3.8) is 0 Å². The average molecular weight is 237 g/mol. The number of hydrogen-bond donors (Lipinski definition) is 2. The summed E-state index contributed by atoms with van der Waals surface area (Å²) in [6.45, 7) is 1.79. The zero-order valence-corrected chi connectivity index (χ0v) is 9.50. The Morgan fingerprint density at radius 3 is 2.81 bits per heavy atom. The Labute approximate surface area is 96.4 Å². The monoisotopic (exact) mass is 237 g/mol. The van der Waals surface area contributed by atoms with Crippen LogP contribution in [0.15, 0.2) is 22.5 Å². The van der Waals surface area contributed by atoms with Crippen LogP contribution in [0.2, 0.25) is 0 Å². The normalized spacial score (nSPS) is 25.2. The molecule has 0 aromatic carbocycles. The molecule has 16 heavy (non-hydrogen) atoms. The zero-order chi connectivity index (χ0) is 11.8. The van der Waals surface area contributed by atoms with Gasteiger partial charge in [0.05, 0.1) is 0 Å². The Morgan fingerprint density at radius 1 is 1.56 bits per heavy atom. The van der Waals surface area contributed by atoms with Gasteiger partial charge in [0, 0.05) is 4.88 Å². The molecule has 0 saturated carbocycles. The van der Waals surface area contributed by atoms with Crippen LogP contribution in [-0.4, -0.2) is 17.8 Å². The molecule has 2 amide bonds. The van der Waals surface area contributed by atoms with Gasteiger partial charge in [0.25, 0.3) is 5.91 Å². The first-order valence-electron chi connectivity index (χ1n) is 4.85. The molecular formula is C10H11N3O2S. The predicted molar refractivity (Wildman–Crippen MR) is 61.1 cm³/mol. The van der Waals surface area contributed by atoms with Gasteiger partial charge >= 0.3 is 0 Å². The van der Waals surface area contributed by atoms with Crippen molar-refractivity contribution in [2.75, 3.05) is 0 Å². The number of hydrogen-bond acceptors (Lipinski definition) is 4. The summed E-state index contributed by atoms with van der Waals surface area (Å²) in [5.41, 5.74) is 4.15. The maximum atomic E-state index is 12.0. The van der Waals surface area contributed by atoms with Gasteiger partial charge in [-0.2, -0.15) is 4.99 Å². The van der Waals surface area contributed by atoms with E-state index in [1.54, 1.807) is 19.1 Å². The fourth-order valence-corrected chi connectivity index (χ4v) is 2.76. The smallest absolute Gasteiger partial charge is 0.269 e. The van der Waals surface area contributed by atoms with Gasteiger partial charge in [-0.3, -0.25) is 14.9 Å². The zero-order valence-electron chi connectivity index (χ0n) is 8.69. The lowest BCUT2D eigenvalue weighted by Gasteiger charge is -2.29. The van der Waals surface area contributed by atoms with E-state index in [0.717, 1.165) is 0 Å². The van der Waals surface area contributed by atoms with Crippen LogP contribution in [0, 0.1) is 0 Å². The Bertz CT molecular complexity index is 466. The highest BCUT2D eigenvalue weighted by molar-refractivity contribution is 7.10. The number of carbonyl (C=O) groups is 2. The summed E-state index contributed by atoms with van der Waals surface area (Å²) in [5, 5.41) is 4.24. The minimum atomic E-state index is -1.20. The van der Waals surface area contributed by atoms with E-state index in [1.165, 1.54) is 11.3 Å². The maximum absolute atomic E-state index is 12.0. The molecule has 1 unspecified atom stereocenters. The van der Waals surface area contributed by atoms with Crippen LogP contribution < -0.4 is 11.1 Å². The number of nitrogens with one attached hydrogen (secondary N) is 1. The van der Waals surface area contributed by atoms with Crippen LogP contribution in [0.4, 0.5) is 0 Å². The van der Waals surface area contributed by atoms with Crippen LogP contribution in [0.1, 0.15) is 18.2 Å². The lowest BCUT2D eigenvalue weighted by atomic mass is 9.81. The topological polar surface area (TPSA) is 84.6 Å². The molecule has 1 aliphatic rings. The number of thiophene rings is 1. The van der Waals surface area contributed by atoms with Gasteiger partial charge in [0.2, 0.25) is 11.9 Å². The molecule has 84 valence electrons. The quantitative estimate of drug-likeness (QED) is 0.729. The molecule has 3 N–H and O–H groups in total. The van der Waals surface area contributed by atoms with Crippen LogP contribution in [0.5, 0.6) is 0 Å². The minimum absolute atomic E-state index is 0.129. The van der Waals surface area contributed by atoms with E-state index in [-0.39, 0.29) is 5.96 Å². The van der Waals surface area contributed by atoms with Crippen LogP contribution in [-0.2, 0) is 15.0 Å². The summed E-state index contributed by atoms with van der Waals surface area (Å²) < 4.78 is 0. The number of amides is 2. The summed E-state index contributed by atoms with van der Waals surface area (Å²) in [7, 11) is 0. The van der Waals surface area contributed by atoms with Crippen LogP contribution in [0.25, 0.3) is 0 Å². The molecule has 1 aromatic heterocycles. The number of nitrogens with zero attached hydrogens (tertiary/aromatic N) is 1. The molecular weight excluding hydrogens is 226 g/mol. The summed E-state index contributed by atoms with van der Waals surface area (Å²) in [6, 6.07) is 3.57. The lowest BCUT2D eigenvalue weighted by molar-refractivity contribution is -0.136. The molecule has 0 aliphatic carbocycles. The van der Waals surface area contributed by atoms with E-state index in [9.17, 15) is 9.59 Å². The Hall–Kier alpha value is -1.69. The van der Waals surface area contributed by atoms with Gasteiger partial charge in [-0.25, -0.2) is 0 Å². The van der Waals surface area contributed by atoms with Gasteiger partial charge < -0.3 is 5.73 Å². The number of guanidine groups is 1. The third kappa shape index (κ3) is 1.34. The Kier molecular flexibility index (Phi) is 2.51. The molecule has 6 heteroatoms. The summed E-state index contributed by atoms with van der Waals surface area (Å²) in [6.07, 6.45) is 0.370. The molecule has 2 heterocycles. The Morgan fingerprint density at radius 2 is 2.31 bits per heavy atom. The second-order valence-electron chi connectivity index (χ2n) is 3.49. The maximum Gasteiger partial charge on any atom is 0.269 e. The van der Waals surface area contributed by atoms with Gasteiger partial charge in [0.1, 0.15) is 0 Å². The second kappa shape index (κ2) is 3.71. The molecule has 0 bridgehead atoms. The largest absolute Gasteiger partial charge is 0.369 e. The predicted octanol–water partition coefficient (Wildman–Crippen LogP) is 0.367. The summed E-state index contributed by atoms with van der Waals surface area (Å²) in [5.74, 6) is -1.01. The molecule has 0 saturated heterocycles. The van der Waals surface area contributed by atoms with Crippen molar-refractivity contribution >= 4 is 29.1 Å². The third-order valence-corrected chi connectivity index (χ3v) is 3.72. The first kappa shape index (κ1) is 10.8. The van der Waals surface area contributed by atoms with Crippen molar-refractivity contribution in [3.05, 3.63) is 22.4 Å². The first-order chi connectivity index (χ1) is 7.61. The van der Waals surface area contributed by atoms with Crippen molar-refractivity contribution in [1.29, 1.82) is 0 Å². The van der Waals surface area contributed by atoms with Gasteiger partial charge in [-0.1, -0.05) is 13.0 Å². The summed E-state index contributed by atoms with van der Waals surface area (Å²) in [4.78, 5) is 28.3. The second-order valence-corrected chi connectivity index (χ2v) is 4.44. The number of nitrogens with two attached hydrogens (primary N) is 1. The standard InChI is InChI=1S/C10H11N3O2S/c1-2-10(6-4-3-5-16-6)7(14)12-9(11)13-8(10)15/h3-5H,2H2,1H3,(H3,11,12,13,14,15).